The van der Waals surface area contributed by atoms with Crippen molar-refractivity contribution < 1.29 is 21.7 Å². The maximum absolute atomic E-state index is 6.15. The molecule has 0 N–H and O–H groups in total. The second-order valence-electron chi connectivity index (χ2n) is 4.14. The van der Waals surface area contributed by atoms with Gasteiger partial charge in [-0.15, -0.1) is 11.6 Å². The van der Waals surface area contributed by atoms with Crippen molar-refractivity contribution in [2.24, 2.45) is 5.92 Å². The Kier molecular flexibility index (Phi) is 32.4. The molecule has 1 aliphatic carbocycles. The summed E-state index contributed by atoms with van der Waals surface area (Å²) in [5, 5.41) is 11.7. The van der Waals surface area contributed by atoms with E-state index in [1.807, 2.05) is 7.05 Å². The Hall–Kier alpha value is 1.31. The van der Waals surface area contributed by atoms with Crippen LogP contribution in [0.15, 0.2) is 0 Å². The van der Waals surface area contributed by atoms with E-state index in [1.54, 1.807) is 28.2 Å². The molecule has 0 spiro atoms. The van der Waals surface area contributed by atoms with E-state index in [0.717, 1.165) is 5.92 Å². The maximum atomic E-state index is 6.15. The van der Waals surface area contributed by atoms with E-state index >= 15 is 0 Å². The molecule has 1 saturated carbocycles. The van der Waals surface area contributed by atoms with Crippen LogP contribution in [-0.4, -0.2) is 53.4 Å². The van der Waals surface area contributed by atoms with Crippen LogP contribution in [0.1, 0.15) is 19.3 Å². The zero-order chi connectivity index (χ0) is 13.7. The first-order valence-corrected chi connectivity index (χ1v) is 8.34. The number of alkyl halides is 1. The quantitative estimate of drug-likeness (QED) is 0.296. The van der Waals surface area contributed by atoms with Crippen LogP contribution in [-0.2, 0) is 21.7 Å². The summed E-state index contributed by atoms with van der Waals surface area (Å²) in [5.41, 5.74) is 0. The van der Waals surface area contributed by atoms with Crippen molar-refractivity contribution >= 4 is 19.7 Å². The first kappa shape index (κ1) is 28.5. The molecule has 0 aromatic carbocycles. The third kappa shape index (κ3) is 19.3. The summed E-state index contributed by atoms with van der Waals surface area (Å²) in [6, 6.07) is 0. The Balaban J connectivity index is -0.000000122. The Labute approximate surface area is 143 Å². The van der Waals surface area contributed by atoms with Gasteiger partial charge in [-0.3, -0.25) is 0 Å². The molecule has 2 unspecified atom stereocenters. The van der Waals surface area contributed by atoms with Crippen molar-refractivity contribution in [1.29, 1.82) is 0 Å². The summed E-state index contributed by atoms with van der Waals surface area (Å²) in [6.07, 6.45) is 5.13. The van der Waals surface area contributed by atoms with Gasteiger partial charge in [-0.05, 0) is 24.9 Å². The van der Waals surface area contributed by atoms with Gasteiger partial charge in [0.15, 0.2) is 0 Å². The summed E-state index contributed by atoms with van der Waals surface area (Å²) < 4.78 is 0. The Bertz CT molecular complexity index is 154. The summed E-state index contributed by atoms with van der Waals surface area (Å²) in [5.74, 6) is 0.761. The SMILES string of the molecule is C[N-]C.C[N-]C.C[N-]P(C)C[C@@H]1CCCC1Cl.[CH3-].[Ti+4]. The minimum atomic E-state index is -0.0754. The molecular weight excluding hydrogens is 312 g/mol. The molecule has 114 valence electrons. The van der Waals surface area contributed by atoms with Crippen molar-refractivity contribution in [3.05, 3.63) is 23.1 Å². The standard InChI is InChI=1S/C8H16ClNP.2C2H6N.CH3.Ti/c1-10-11(2)6-7-4-3-5-8(7)9;2*1-3-2;;/h7-8H,3-6H2,1-2H3;2*1-2H3;1H3;/q4*-1;+4/t7-,8?,11?;;;;/m0..../s1. The molecule has 19 heavy (non-hydrogen) atoms. The molecule has 0 heterocycles. The topological polar surface area (TPSA) is 42.3 Å². The van der Waals surface area contributed by atoms with E-state index < -0.39 is 0 Å². The van der Waals surface area contributed by atoms with E-state index in [-0.39, 0.29) is 37.2 Å². The number of halogens is 1. The number of nitrogens with zero attached hydrogens (tertiary/aromatic N) is 3. The molecule has 1 fully saturated rings. The third-order valence-corrected chi connectivity index (χ3v) is 4.66. The van der Waals surface area contributed by atoms with Crippen LogP contribution in [0.25, 0.3) is 15.7 Å². The average Bonchev–Trinajstić information content (AvgIpc) is 2.66. The molecule has 1 aliphatic rings. The molecule has 6 heteroatoms. The fraction of sp³-hybridized carbons (Fsp3) is 0.923. The monoisotopic (exact) mass is 343 g/mol. The van der Waals surface area contributed by atoms with Crippen molar-refractivity contribution in [2.45, 2.75) is 24.6 Å². The Morgan fingerprint density at radius 3 is 1.74 bits per heavy atom. The molecule has 0 amide bonds. The van der Waals surface area contributed by atoms with Crippen LogP contribution in [0.5, 0.6) is 0 Å². The minimum absolute atomic E-state index is 0. The van der Waals surface area contributed by atoms with E-state index in [2.05, 4.69) is 22.4 Å². The molecule has 3 nitrogen and oxygen atoms in total. The largest absolute Gasteiger partial charge is 4.00 e. The summed E-state index contributed by atoms with van der Waals surface area (Å²) in [7, 11) is 8.85. The van der Waals surface area contributed by atoms with E-state index in [4.69, 9.17) is 11.6 Å². The fourth-order valence-corrected chi connectivity index (χ4v) is 3.39. The molecule has 3 atom stereocenters. The van der Waals surface area contributed by atoms with Gasteiger partial charge in [0.05, 0.1) is 0 Å². The van der Waals surface area contributed by atoms with Crippen LogP contribution >= 0.6 is 19.7 Å². The van der Waals surface area contributed by atoms with Crippen molar-refractivity contribution in [3.8, 4) is 0 Å². The number of rotatable bonds is 3. The predicted molar refractivity (Wildman–Crippen MR) is 90.8 cm³/mol. The fourth-order valence-electron chi connectivity index (χ4n) is 1.62. The normalized spacial score (nSPS) is 21.6. The molecule has 0 aliphatic heterocycles. The van der Waals surface area contributed by atoms with E-state index in [0.29, 0.717) is 5.38 Å². The molecule has 0 saturated heterocycles. The number of hydrogen-bond acceptors (Lipinski definition) is 0. The predicted octanol–water partition coefficient (Wildman–Crippen LogP) is 5.11. The van der Waals surface area contributed by atoms with Crippen LogP contribution in [0.4, 0.5) is 0 Å². The zero-order valence-electron chi connectivity index (χ0n) is 13.6. The van der Waals surface area contributed by atoms with Crippen LogP contribution in [0.3, 0.4) is 0 Å². The van der Waals surface area contributed by atoms with Gasteiger partial charge in [-0.25, -0.2) is 8.07 Å². The smallest absolute Gasteiger partial charge is 0.668 e. The summed E-state index contributed by atoms with van der Waals surface area (Å²) in [6.45, 7) is 2.23. The van der Waals surface area contributed by atoms with Crippen molar-refractivity contribution in [1.82, 2.24) is 0 Å². The van der Waals surface area contributed by atoms with Crippen LogP contribution < -0.4 is 0 Å². The van der Waals surface area contributed by atoms with Gasteiger partial charge in [0.25, 0.3) is 0 Å². The molecule has 0 aromatic rings. The first-order chi connectivity index (χ1) is 8.06. The first-order valence-electron chi connectivity index (χ1n) is 5.98. The molecule has 0 bridgehead atoms. The van der Waals surface area contributed by atoms with E-state index in [1.165, 1.54) is 25.4 Å². The molecule has 1 rings (SSSR count). The summed E-state index contributed by atoms with van der Waals surface area (Å²) >= 11 is 6.15. The zero-order valence-corrected chi connectivity index (χ0v) is 16.9. The second-order valence-corrected chi connectivity index (χ2v) is 6.78. The van der Waals surface area contributed by atoms with Gasteiger partial charge in [-0.1, -0.05) is 13.1 Å². The minimum Gasteiger partial charge on any atom is -0.668 e. The summed E-state index contributed by atoms with van der Waals surface area (Å²) in [4.78, 5) is 0. The third-order valence-electron chi connectivity index (χ3n) is 2.41. The van der Waals surface area contributed by atoms with Crippen molar-refractivity contribution in [2.75, 3.05) is 48.1 Å². The van der Waals surface area contributed by atoms with E-state index in [9.17, 15) is 0 Å². The second kappa shape index (κ2) is 21.6. The van der Waals surface area contributed by atoms with Gasteiger partial charge in [0.1, 0.15) is 0 Å². The van der Waals surface area contributed by atoms with Crippen LogP contribution in [0.2, 0.25) is 0 Å². The van der Waals surface area contributed by atoms with Gasteiger partial charge >= 0.3 is 21.7 Å². The van der Waals surface area contributed by atoms with Crippen molar-refractivity contribution in [3.63, 3.8) is 0 Å². The molecule has 0 radical (unpaired) electrons. The van der Waals surface area contributed by atoms with Gasteiger partial charge in [-0.2, -0.15) is 35.2 Å². The van der Waals surface area contributed by atoms with Crippen LogP contribution in [0, 0.1) is 13.3 Å². The molecule has 0 aromatic heterocycles. The Morgan fingerprint density at radius 1 is 1.05 bits per heavy atom. The van der Waals surface area contributed by atoms with Gasteiger partial charge in [0, 0.05) is 5.38 Å². The van der Waals surface area contributed by atoms with Gasteiger partial charge in [0.2, 0.25) is 0 Å². The number of hydrogen-bond donors (Lipinski definition) is 0. The molecular formula is C13H31ClN3PTi. The average molecular weight is 344 g/mol. The maximum Gasteiger partial charge on any atom is 4.00 e. The van der Waals surface area contributed by atoms with Gasteiger partial charge < -0.3 is 23.1 Å². The Morgan fingerprint density at radius 2 is 1.47 bits per heavy atom.